The first kappa shape index (κ1) is 11.0. The summed E-state index contributed by atoms with van der Waals surface area (Å²) in [5.74, 6) is -1.08. The van der Waals surface area contributed by atoms with E-state index >= 15 is 0 Å². The van der Waals surface area contributed by atoms with Gasteiger partial charge in [-0.25, -0.2) is 0 Å². The molecule has 0 amide bonds. The molecule has 1 rings (SSSR count). The van der Waals surface area contributed by atoms with E-state index in [4.69, 9.17) is 21.4 Å². The van der Waals surface area contributed by atoms with Gasteiger partial charge in [-0.05, 0) is 5.56 Å². The summed E-state index contributed by atoms with van der Waals surface area (Å²) in [6, 6.07) is 9.04. The molecule has 0 bridgehead atoms. The summed E-state index contributed by atoms with van der Waals surface area (Å²) in [4.78, 5) is 10.7. The second-order valence-electron chi connectivity index (χ2n) is 2.81. The highest BCUT2D eigenvalue weighted by molar-refractivity contribution is 6.30. The smallest absolute Gasteiger partial charge is 0.324 e. The topological polar surface area (TPSA) is 46.5 Å². The predicted molar refractivity (Wildman–Crippen MR) is 53.5 cm³/mol. The van der Waals surface area contributed by atoms with E-state index < -0.39 is 17.5 Å². The third-order valence-corrected chi connectivity index (χ3v) is 2.30. The third-order valence-electron chi connectivity index (χ3n) is 1.88. The van der Waals surface area contributed by atoms with E-state index in [1.54, 1.807) is 12.1 Å². The van der Waals surface area contributed by atoms with Crippen molar-refractivity contribution >= 4 is 17.6 Å². The van der Waals surface area contributed by atoms with E-state index in [0.717, 1.165) is 5.56 Å². The highest BCUT2D eigenvalue weighted by Gasteiger charge is 2.26. The molecule has 0 saturated carbocycles. The zero-order valence-electron chi connectivity index (χ0n) is 7.68. The van der Waals surface area contributed by atoms with Crippen LogP contribution >= 0.6 is 11.6 Å². The lowest BCUT2D eigenvalue weighted by molar-refractivity contribution is -0.139. The second kappa shape index (κ2) is 4.98. The van der Waals surface area contributed by atoms with Crippen molar-refractivity contribution in [3.05, 3.63) is 35.9 Å². The van der Waals surface area contributed by atoms with Crippen LogP contribution < -0.4 is 0 Å². The van der Waals surface area contributed by atoms with Gasteiger partial charge < -0.3 is 9.84 Å². The Labute approximate surface area is 87.3 Å². The quantitative estimate of drug-likeness (QED) is 0.781. The number of carboxylic acids is 1. The number of ether oxygens (including phenoxy) is 1. The van der Waals surface area contributed by atoms with Gasteiger partial charge in [0.2, 0.25) is 0 Å². The van der Waals surface area contributed by atoms with E-state index in [9.17, 15) is 4.79 Å². The van der Waals surface area contributed by atoms with Gasteiger partial charge in [0.25, 0.3) is 0 Å². The Bertz CT molecular complexity index is 299. The fourth-order valence-corrected chi connectivity index (χ4v) is 1.45. The lowest BCUT2D eigenvalue weighted by atomic mass is 10.1. The number of methoxy groups -OCH3 is 1. The SMILES string of the molecule is COC(c1ccccc1)C(Cl)C(=O)O. The molecule has 0 heterocycles. The van der Waals surface area contributed by atoms with Gasteiger partial charge in [-0.15, -0.1) is 11.6 Å². The van der Waals surface area contributed by atoms with Crippen molar-refractivity contribution in [2.45, 2.75) is 11.5 Å². The zero-order valence-corrected chi connectivity index (χ0v) is 8.44. The number of carboxylic acid groups (broad SMARTS) is 1. The summed E-state index contributed by atoms with van der Waals surface area (Å²) in [5, 5.41) is 7.67. The van der Waals surface area contributed by atoms with Crippen molar-refractivity contribution in [2.24, 2.45) is 0 Å². The van der Waals surface area contributed by atoms with Gasteiger partial charge in [-0.3, -0.25) is 4.79 Å². The minimum Gasteiger partial charge on any atom is -0.480 e. The summed E-state index contributed by atoms with van der Waals surface area (Å²) >= 11 is 5.69. The van der Waals surface area contributed by atoms with Crippen LogP contribution in [0.3, 0.4) is 0 Å². The van der Waals surface area contributed by atoms with E-state index in [-0.39, 0.29) is 0 Å². The maximum absolute atomic E-state index is 10.7. The third kappa shape index (κ3) is 2.47. The monoisotopic (exact) mass is 214 g/mol. The molecule has 0 aliphatic heterocycles. The lowest BCUT2D eigenvalue weighted by Gasteiger charge is -2.17. The van der Waals surface area contributed by atoms with Crippen molar-refractivity contribution in [1.29, 1.82) is 0 Å². The van der Waals surface area contributed by atoms with Crippen molar-refractivity contribution < 1.29 is 14.6 Å². The molecule has 2 unspecified atom stereocenters. The van der Waals surface area contributed by atoms with E-state index in [0.29, 0.717) is 0 Å². The minimum atomic E-state index is -1.08. The van der Waals surface area contributed by atoms with Crippen LogP contribution in [0.1, 0.15) is 11.7 Å². The summed E-state index contributed by atoms with van der Waals surface area (Å²) in [6.45, 7) is 0. The van der Waals surface area contributed by atoms with Crippen molar-refractivity contribution in [3.8, 4) is 0 Å². The molecule has 0 saturated heterocycles. The van der Waals surface area contributed by atoms with Gasteiger partial charge >= 0.3 is 5.97 Å². The number of carbonyl (C=O) groups is 1. The number of alkyl halides is 1. The van der Waals surface area contributed by atoms with E-state index in [1.807, 2.05) is 18.2 Å². The van der Waals surface area contributed by atoms with Crippen LogP contribution in [0.25, 0.3) is 0 Å². The van der Waals surface area contributed by atoms with Crippen molar-refractivity contribution in [1.82, 2.24) is 0 Å². The Morgan fingerprint density at radius 2 is 2.00 bits per heavy atom. The summed E-state index contributed by atoms with van der Waals surface area (Å²) in [7, 11) is 1.44. The zero-order chi connectivity index (χ0) is 10.6. The van der Waals surface area contributed by atoms with Gasteiger partial charge in [0, 0.05) is 7.11 Å². The number of halogens is 1. The molecule has 0 aromatic heterocycles. The van der Waals surface area contributed by atoms with Crippen molar-refractivity contribution in [2.75, 3.05) is 7.11 Å². The molecule has 2 atom stereocenters. The highest BCUT2D eigenvalue weighted by Crippen LogP contribution is 2.24. The number of rotatable bonds is 4. The first-order chi connectivity index (χ1) is 6.66. The van der Waals surface area contributed by atoms with Gasteiger partial charge in [0.05, 0.1) is 0 Å². The van der Waals surface area contributed by atoms with Crippen LogP contribution in [0.5, 0.6) is 0 Å². The number of hydrogen-bond donors (Lipinski definition) is 1. The molecule has 0 fully saturated rings. The van der Waals surface area contributed by atoms with Crippen LogP contribution in [0.2, 0.25) is 0 Å². The molecule has 0 aliphatic rings. The molecule has 1 N–H and O–H groups in total. The average molecular weight is 215 g/mol. The molecule has 4 heteroatoms. The van der Waals surface area contributed by atoms with Crippen molar-refractivity contribution in [3.63, 3.8) is 0 Å². The number of aliphatic carboxylic acids is 1. The molecule has 3 nitrogen and oxygen atoms in total. The summed E-state index contributed by atoms with van der Waals surface area (Å²) < 4.78 is 5.05. The number of benzene rings is 1. The summed E-state index contributed by atoms with van der Waals surface area (Å²) in [5.41, 5.74) is 0.761. The highest BCUT2D eigenvalue weighted by atomic mass is 35.5. The molecule has 0 spiro atoms. The van der Waals surface area contributed by atoms with Gasteiger partial charge in [-0.2, -0.15) is 0 Å². The van der Waals surface area contributed by atoms with E-state index in [1.165, 1.54) is 7.11 Å². The molecule has 14 heavy (non-hydrogen) atoms. The van der Waals surface area contributed by atoms with Crippen LogP contribution in [-0.4, -0.2) is 23.6 Å². The maximum Gasteiger partial charge on any atom is 0.324 e. The molecule has 1 aromatic rings. The Morgan fingerprint density at radius 3 is 2.43 bits per heavy atom. The van der Waals surface area contributed by atoms with Crippen LogP contribution in [0.4, 0.5) is 0 Å². The predicted octanol–water partition coefficient (Wildman–Crippen LogP) is 2.07. The van der Waals surface area contributed by atoms with Crippen LogP contribution in [0, 0.1) is 0 Å². The first-order valence-electron chi connectivity index (χ1n) is 4.11. The van der Waals surface area contributed by atoms with E-state index in [2.05, 4.69) is 0 Å². The normalized spacial score (nSPS) is 14.7. The molecule has 0 aliphatic carbocycles. The second-order valence-corrected chi connectivity index (χ2v) is 3.28. The first-order valence-corrected chi connectivity index (χ1v) is 4.55. The largest absolute Gasteiger partial charge is 0.480 e. The van der Waals surface area contributed by atoms with Crippen LogP contribution in [0.15, 0.2) is 30.3 Å². The standard InChI is InChI=1S/C10H11ClO3/c1-14-9(8(11)10(12)13)7-5-3-2-4-6-7/h2-6,8-9H,1H3,(H,12,13). The molecular formula is C10H11ClO3. The Balaban J connectivity index is 2.87. The fraction of sp³-hybridized carbons (Fsp3) is 0.300. The van der Waals surface area contributed by atoms with Gasteiger partial charge in [0.1, 0.15) is 6.10 Å². The lowest BCUT2D eigenvalue weighted by Crippen LogP contribution is -2.23. The Morgan fingerprint density at radius 1 is 1.43 bits per heavy atom. The summed E-state index contributed by atoms with van der Waals surface area (Å²) in [6.07, 6.45) is -0.615. The van der Waals surface area contributed by atoms with Crippen LogP contribution in [-0.2, 0) is 9.53 Å². The fourth-order valence-electron chi connectivity index (χ4n) is 1.20. The maximum atomic E-state index is 10.7. The molecule has 0 radical (unpaired) electrons. The average Bonchev–Trinajstić information content (AvgIpc) is 2.20. The minimum absolute atomic E-state index is 0.615. The number of hydrogen-bond acceptors (Lipinski definition) is 2. The van der Waals surface area contributed by atoms with Gasteiger partial charge in [-0.1, -0.05) is 30.3 Å². The Hall–Kier alpha value is -1.06. The van der Waals surface area contributed by atoms with Gasteiger partial charge in [0.15, 0.2) is 5.38 Å². The Kier molecular flexibility index (Phi) is 3.92. The molecule has 1 aromatic carbocycles. The molecule has 76 valence electrons. The molecular weight excluding hydrogens is 204 g/mol.